The number of benzene rings is 1. The van der Waals surface area contributed by atoms with Gasteiger partial charge in [0.2, 0.25) is 0 Å². The molecule has 0 aromatic heterocycles. The molecule has 0 bridgehead atoms. The standard InChI is InChI=1S/C9H13N3O/c1-13-12-9(7-11-10)8-5-3-2-4-6-8/h2-6,11H,7,10H2,1H3. The largest absolute Gasteiger partial charge is 0.399 e. The van der Waals surface area contributed by atoms with Gasteiger partial charge in [-0.05, 0) is 0 Å². The van der Waals surface area contributed by atoms with Crippen LogP contribution in [-0.4, -0.2) is 19.4 Å². The fourth-order valence-corrected chi connectivity index (χ4v) is 1.02. The van der Waals surface area contributed by atoms with Gasteiger partial charge in [0.05, 0.1) is 6.54 Å². The quantitative estimate of drug-likeness (QED) is 0.402. The van der Waals surface area contributed by atoms with Crippen LogP contribution in [-0.2, 0) is 4.84 Å². The average Bonchev–Trinajstić information content (AvgIpc) is 2.19. The minimum absolute atomic E-state index is 0.484. The van der Waals surface area contributed by atoms with Gasteiger partial charge >= 0.3 is 0 Å². The summed E-state index contributed by atoms with van der Waals surface area (Å²) in [4.78, 5) is 4.70. The van der Waals surface area contributed by atoms with Gasteiger partial charge in [0.25, 0.3) is 0 Å². The first-order valence-electron chi connectivity index (χ1n) is 3.97. The minimum Gasteiger partial charge on any atom is -0.399 e. The highest BCUT2D eigenvalue weighted by atomic mass is 16.6. The SMILES string of the molecule is CON=C(CNN)c1ccccc1. The number of nitrogens with zero attached hydrogens (tertiary/aromatic N) is 1. The lowest BCUT2D eigenvalue weighted by Gasteiger charge is -2.03. The molecule has 3 N–H and O–H groups in total. The highest BCUT2D eigenvalue weighted by Crippen LogP contribution is 2.00. The smallest absolute Gasteiger partial charge is 0.106 e. The fourth-order valence-electron chi connectivity index (χ4n) is 1.02. The predicted molar refractivity (Wildman–Crippen MR) is 52.2 cm³/mol. The maximum Gasteiger partial charge on any atom is 0.106 e. The molecule has 0 aliphatic rings. The summed E-state index contributed by atoms with van der Waals surface area (Å²) in [6.45, 7) is 0.484. The van der Waals surface area contributed by atoms with Gasteiger partial charge in [-0.3, -0.25) is 11.3 Å². The Kier molecular flexibility index (Phi) is 3.95. The zero-order valence-corrected chi connectivity index (χ0v) is 7.53. The Morgan fingerprint density at radius 2 is 2.15 bits per heavy atom. The zero-order valence-electron chi connectivity index (χ0n) is 7.53. The molecule has 0 heterocycles. The monoisotopic (exact) mass is 179 g/mol. The van der Waals surface area contributed by atoms with E-state index < -0.39 is 0 Å². The van der Waals surface area contributed by atoms with Crippen LogP contribution in [0.5, 0.6) is 0 Å². The maximum absolute atomic E-state index is 5.21. The third-order valence-electron chi connectivity index (χ3n) is 1.58. The molecule has 0 radical (unpaired) electrons. The first-order chi connectivity index (χ1) is 6.38. The second-order valence-corrected chi connectivity index (χ2v) is 2.47. The van der Waals surface area contributed by atoms with Crippen LogP contribution in [0.3, 0.4) is 0 Å². The highest BCUT2D eigenvalue weighted by molar-refractivity contribution is 6.01. The molecule has 0 saturated heterocycles. The van der Waals surface area contributed by atoms with Crippen molar-refractivity contribution in [1.29, 1.82) is 0 Å². The molecule has 0 aliphatic heterocycles. The van der Waals surface area contributed by atoms with Crippen molar-refractivity contribution >= 4 is 5.71 Å². The van der Waals surface area contributed by atoms with E-state index in [0.29, 0.717) is 6.54 Å². The van der Waals surface area contributed by atoms with E-state index >= 15 is 0 Å². The van der Waals surface area contributed by atoms with Crippen LogP contribution >= 0.6 is 0 Å². The van der Waals surface area contributed by atoms with E-state index in [-0.39, 0.29) is 0 Å². The molecular weight excluding hydrogens is 166 g/mol. The molecule has 0 amide bonds. The summed E-state index contributed by atoms with van der Waals surface area (Å²) in [5, 5.41) is 3.86. The Morgan fingerprint density at radius 3 is 2.69 bits per heavy atom. The van der Waals surface area contributed by atoms with Crippen molar-refractivity contribution in [2.24, 2.45) is 11.0 Å². The second-order valence-electron chi connectivity index (χ2n) is 2.47. The van der Waals surface area contributed by atoms with Crippen molar-refractivity contribution in [1.82, 2.24) is 5.43 Å². The molecule has 1 aromatic carbocycles. The van der Waals surface area contributed by atoms with Gasteiger partial charge in [0.15, 0.2) is 0 Å². The number of nitrogens with one attached hydrogen (secondary N) is 1. The van der Waals surface area contributed by atoms with Gasteiger partial charge in [-0.1, -0.05) is 35.5 Å². The number of rotatable bonds is 4. The molecular formula is C9H13N3O. The van der Waals surface area contributed by atoms with Crippen LogP contribution < -0.4 is 11.3 Å². The highest BCUT2D eigenvalue weighted by Gasteiger charge is 2.01. The predicted octanol–water partition coefficient (Wildman–Crippen LogP) is 0.500. The molecule has 70 valence electrons. The molecule has 1 aromatic rings. The Balaban J connectivity index is 2.83. The Labute approximate surface area is 77.3 Å². The number of nitrogens with two attached hydrogens (primary N) is 1. The van der Waals surface area contributed by atoms with Crippen LogP contribution in [0, 0.1) is 0 Å². The van der Waals surface area contributed by atoms with E-state index in [1.165, 1.54) is 7.11 Å². The number of oxime groups is 1. The number of hydrogen-bond donors (Lipinski definition) is 2. The Hall–Kier alpha value is -1.39. The van der Waals surface area contributed by atoms with Crippen molar-refractivity contribution < 1.29 is 4.84 Å². The molecule has 13 heavy (non-hydrogen) atoms. The molecule has 0 spiro atoms. The summed E-state index contributed by atoms with van der Waals surface area (Å²) in [6.07, 6.45) is 0. The number of hydrogen-bond acceptors (Lipinski definition) is 4. The topological polar surface area (TPSA) is 59.6 Å². The average molecular weight is 179 g/mol. The fraction of sp³-hybridized carbons (Fsp3) is 0.222. The second kappa shape index (κ2) is 5.29. The van der Waals surface area contributed by atoms with Gasteiger partial charge < -0.3 is 4.84 Å². The molecule has 4 heteroatoms. The van der Waals surface area contributed by atoms with Crippen LogP contribution in [0.1, 0.15) is 5.56 Å². The Bertz CT molecular complexity index is 271. The van der Waals surface area contributed by atoms with Crippen molar-refractivity contribution in [3.05, 3.63) is 35.9 Å². The van der Waals surface area contributed by atoms with Gasteiger partial charge in [-0.15, -0.1) is 0 Å². The third-order valence-corrected chi connectivity index (χ3v) is 1.58. The zero-order chi connectivity index (χ0) is 9.52. The van der Waals surface area contributed by atoms with Gasteiger partial charge in [0, 0.05) is 5.56 Å². The summed E-state index contributed by atoms with van der Waals surface area (Å²) in [7, 11) is 1.51. The van der Waals surface area contributed by atoms with Crippen molar-refractivity contribution in [3.8, 4) is 0 Å². The summed E-state index contributed by atoms with van der Waals surface area (Å²) >= 11 is 0. The molecule has 0 saturated carbocycles. The van der Waals surface area contributed by atoms with E-state index in [1.807, 2.05) is 30.3 Å². The molecule has 0 aliphatic carbocycles. The molecule has 0 fully saturated rings. The van der Waals surface area contributed by atoms with E-state index in [0.717, 1.165) is 11.3 Å². The van der Waals surface area contributed by atoms with E-state index in [1.54, 1.807) is 0 Å². The molecule has 0 atom stereocenters. The van der Waals surface area contributed by atoms with Gasteiger partial charge in [-0.25, -0.2) is 0 Å². The van der Waals surface area contributed by atoms with Crippen molar-refractivity contribution in [2.45, 2.75) is 0 Å². The van der Waals surface area contributed by atoms with Crippen LogP contribution in [0.2, 0.25) is 0 Å². The lowest BCUT2D eigenvalue weighted by atomic mass is 10.1. The summed E-state index contributed by atoms with van der Waals surface area (Å²) in [6, 6.07) is 9.74. The van der Waals surface area contributed by atoms with Crippen LogP contribution in [0.15, 0.2) is 35.5 Å². The normalized spacial score (nSPS) is 11.4. The molecule has 4 nitrogen and oxygen atoms in total. The molecule has 1 rings (SSSR count). The van der Waals surface area contributed by atoms with E-state index in [4.69, 9.17) is 10.7 Å². The Morgan fingerprint density at radius 1 is 1.46 bits per heavy atom. The van der Waals surface area contributed by atoms with Crippen LogP contribution in [0.25, 0.3) is 0 Å². The maximum atomic E-state index is 5.21. The van der Waals surface area contributed by atoms with Crippen molar-refractivity contribution in [3.63, 3.8) is 0 Å². The van der Waals surface area contributed by atoms with E-state index in [9.17, 15) is 0 Å². The molecule has 0 unspecified atom stereocenters. The van der Waals surface area contributed by atoms with E-state index in [2.05, 4.69) is 10.6 Å². The summed E-state index contributed by atoms with van der Waals surface area (Å²) in [5.74, 6) is 5.21. The lowest BCUT2D eigenvalue weighted by Crippen LogP contribution is -2.29. The lowest BCUT2D eigenvalue weighted by molar-refractivity contribution is 0.213. The first kappa shape index (κ1) is 9.70. The van der Waals surface area contributed by atoms with Crippen LogP contribution in [0.4, 0.5) is 0 Å². The van der Waals surface area contributed by atoms with Crippen molar-refractivity contribution in [2.75, 3.05) is 13.7 Å². The summed E-state index contributed by atoms with van der Waals surface area (Å²) < 4.78 is 0. The van der Waals surface area contributed by atoms with Gasteiger partial charge in [0.1, 0.15) is 12.8 Å². The van der Waals surface area contributed by atoms with Gasteiger partial charge in [-0.2, -0.15) is 0 Å². The minimum atomic E-state index is 0.484. The first-order valence-corrected chi connectivity index (χ1v) is 3.97. The third kappa shape index (κ3) is 2.85. The number of hydrazine groups is 1. The summed E-state index contributed by atoms with van der Waals surface area (Å²) in [5.41, 5.74) is 4.33.